The Morgan fingerprint density at radius 3 is 2.54 bits per heavy atom. The average Bonchev–Trinajstić information content (AvgIpc) is 3.11. The lowest BCUT2D eigenvalue weighted by Gasteiger charge is -2.19. The molecule has 2 aromatic rings. The van der Waals surface area contributed by atoms with E-state index in [2.05, 4.69) is 75.4 Å². The molecule has 1 aromatic carbocycles. The molecule has 0 bridgehead atoms. The van der Waals surface area contributed by atoms with Crippen LogP contribution in [0.5, 0.6) is 0 Å². The molecule has 1 aromatic heterocycles. The second-order valence-electron chi connectivity index (χ2n) is 5.40. The van der Waals surface area contributed by atoms with Crippen molar-refractivity contribution in [2.24, 2.45) is 4.99 Å². The molecule has 24 heavy (non-hydrogen) atoms. The van der Waals surface area contributed by atoms with Gasteiger partial charge in [-0.1, -0.05) is 24.3 Å². The maximum atomic E-state index is 4.26. The fraction of sp³-hybridized carbons (Fsp3) is 0.389. The highest BCUT2D eigenvalue weighted by Gasteiger charge is 2.01. The van der Waals surface area contributed by atoms with Gasteiger partial charge in [-0.15, -0.1) is 35.3 Å². The fourth-order valence-electron chi connectivity index (χ4n) is 2.30. The number of unbranched alkanes of at least 4 members (excludes halogenated alkanes) is 1. The maximum absolute atomic E-state index is 4.26. The number of halogens is 1. The third-order valence-corrected chi connectivity index (χ3v) is 4.52. The largest absolute Gasteiger partial charge is 0.375 e. The van der Waals surface area contributed by atoms with Gasteiger partial charge in [0.2, 0.25) is 0 Å². The number of anilines is 1. The summed E-state index contributed by atoms with van der Waals surface area (Å²) in [7, 11) is 3.96. The molecule has 1 heterocycles. The van der Waals surface area contributed by atoms with Gasteiger partial charge in [-0.25, -0.2) is 0 Å². The van der Waals surface area contributed by atoms with Crippen LogP contribution in [-0.2, 0) is 6.54 Å². The average molecular weight is 458 g/mol. The summed E-state index contributed by atoms with van der Waals surface area (Å²) in [5, 5.41) is 8.80. The number of nitrogens with zero attached hydrogens (tertiary/aromatic N) is 2. The predicted octanol–water partition coefficient (Wildman–Crippen LogP) is 3.95. The zero-order chi connectivity index (χ0) is 16.3. The van der Waals surface area contributed by atoms with Crippen LogP contribution >= 0.6 is 35.3 Å². The summed E-state index contributed by atoms with van der Waals surface area (Å²) < 4.78 is 0. The number of thiophene rings is 1. The molecule has 0 spiro atoms. The molecule has 0 radical (unpaired) electrons. The summed E-state index contributed by atoms with van der Waals surface area (Å²) in [4.78, 5) is 7.87. The number of benzene rings is 1. The van der Waals surface area contributed by atoms with Gasteiger partial charge >= 0.3 is 0 Å². The SMILES string of the molecule is CN=C(NCCCCN(C)c1ccccc1)NCc1cccs1.I. The summed E-state index contributed by atoms with van der Waals surface area (Å²) in [5.41, 5.74) is 1.27. The molecule has 0 unspecified atom stereocenters. The van der Waals surface area contributed by atoms with Crippen molar-refractivity contribution in [3.05, 3.63) is 52.7 Å². The minimum absolute atomic E-state index is 0. The number of hydrogen-bond donors (Lipinski definition) is 2. The first kappa shape index (κ1) is 20.8. The van der Waals surface area contributed by atoms with Gasteiger partial charge in [0, 0.05) is 37.7 Å². The first-order valence-electron chi connectivity index (χ1n) is 8.02. The van der Waals surface area contributed by atoms with E-state index in [0.717, 1.165) is 38.4 Å². The topological polar surface area (TPSA) is 39.7 Å². The Hall–Kier alpha value is -1.28. The molecule has 0 aliphatic rings. The van der Waals surface area contributed by atoms with Crippen LogP contribution in [0.25, 0.3) is 0 Å². The third kappa shape index (κ3) is 7.53. The van der Waals surface area contributed by atoms with Gasteiger partial charge in [0.05, 0.1) is 6.54 Å². The zero-order valence-electron chi connectivity index (χ0n) is 14.4. The molecule has 6 heteroatoms. The minimum atomic E-state index is 0. The standard InChI is InChI=1S/C18H26N4S.HI/c1-19-18(21-15-17-11-8-14-23-17)20-12-6-7-13-22(2)16-9-4-3-5-10-16;/h3-5,8-11,14H,6-7,12-13,15H2,1-2H3,(H2,19,20,21);1H. The highest BCUT2D eigenvalue weighted by atomic mass is 127. The van der Waals surface area contributed by atoms with Gasteiger partial charge in [-0.2, -0.15) is 0 Å². The van der Waals surface area contributed by atoms with Crippen molar-refractivity contribution in [1.82, 2.24) is 10.6 Å². The molecule has 4 nitrogen and oxygen atoms in total. The smallest absolute Gasteiger partial charge is 0.191 e. The predicted molar refractivity (Wildman–Crippen MR) is 117 cm³/mol. The van der Waals surface area contributed by atoms with Crippen LogP contribution in [0.4, 0.5) is 5.69 Å². The highest BCUT2D eigenvalue weighted by molar-refractivity contribution is 14.0. The van der Waals surface area contributed by atoms with E-state index in [0.29, 0.717) is 0 Å². The van der Waals surface area contributed by atoms with Crippen LogP contribution in [0.1, 0.15) is 17.7 Å². The second kappa shape index (κ2) is 12.1. The van der Waals surface area contributed by atoms with Crippen LogP contribution < -0.4 is 15.5 Å². The van der Waals surface area contributed by atoms with Crippen molar-refractivity contribution in [2.75, 3.05) is 32.1 Å². The molecular weight excluding hydrogens is 431 g/mol. The van der Waals surface area contributed by atoms with Crippen molar-refractivity contribution >= 4 is 47.0 Å². The first-order chi connectivity index (χ1) is 11.3. The van der Waals surface area contributed by atoms with Gasteiger partial charge in [-0.3, -0.25) is 4.99 Å². The van der Waals surface area contributed by atoms with E-state index in [-0.39, 0.29) is 24.0 Å². The molecule has 0 fully saturated rings. The Morgan fingerprint density at radius 1 is 1.08 bits per heavy atom. The Balaban J connectivity index is 0.00000288. The number of guanidine groups is 1. The van der Waals surface area contributed by atoms with E-state index in [9.17, 15) is 0 Å². The van der Waals surface area contributed by atoms with Crippen molar-refractivity contribution in [1.29, 1.82) is 0 Å². The fourth-order valence-corrected chi connectivity index (χ4v) is 2.94. The maximum Gasteiger partial charge on any atom is 0.191 e. The van der Waals surface area contributed by atoms with Crippen LogP contribution in [-0.4, -0.2) is 33.1 Å². The van der Waals surface area contributed by atoms with Gasteiger partial charge in [0.25, 0.3) is 0 Å². The Labute approximate surface area is 166 Å². The second-order valence-corrected chi connectivity index (χ2v) is 6.43. The van der Waals surface area contributed by atoms with Crippen molar-refractivity contribution < 1.29 is 0 Å². The summed E-state index contributed by atoms with van der Waals surface area (Å²) in [6.45, 7) is 2.83. The first-order valence-corrected chi connectivity index (χ1v) is 8.90. The lowest BCUT2D eigenvalue weighted by Crippen LogP contribution is -2.37. The molecule has 0 atom stereocenters. The molecule has 0 saturated carbocycles. The quantitative estimate of drug-likeness (QED) is 0.273. The van der Waals surface area contributed by atoms with Crippen LogP contribution in [0.3, 0.4) is 0 Å². The summed E-state index contributed by atoms with van der Waals surface area (Å²) in [5.74, 6) is 0.870. The van der Waals surface area contributed by atoms with E-state index in [1.54, 1.807) is 11.3 Å². The summed E-state index contributed by atoms with van der Waals surface area (Å²) >= 11 is 1.76. The van der Waals surface area contributed by atoms with E-state index in [4.69, 9.17) is 0 Å². The Bertz CT molecular complexity index is 572. The van der Waals surface area contributed by atoms with E-state index < -0.39 is 0 Å². The van der Waals surface area contributed by atoms with Crippen molar-refractivity contribution in [2.45, 2.75) is 19.4 Å². The minimum Gasteiger partial charge on any atom is -0.375 e. The molecule has 0 saturated heterocycles. The van der Waals surface area contributed by atoms with Gasteiger partial charge < -0.3 is 15.5 Å². The molecule has 2 N–H and O–H groups in total. The van der Waals surface area contributed by atoms with Crippen LogP contribution in [0, 0.1) is 0 Å². The van der Waals surface area contributed by atoms with Crippen molar-refractivity contribution in [3.63, 3.8) is 0 Å². The summed E-state index contributed by atoms with van der Waals surface area (Å²) in [6, 6.07) is 14.7. The van der Waals surface area contributed by atoms with Crippen LogP contribution in [0.2, 0.25) is 0 Å². The number of rotatable bonds is 8. The Morgan fingerprint density at radius 2 is 1.88 bits per heavy atom. The zero-order valence-corrected chi connectivity index (χ0v) is 17.5. The molecule has 2 rings (SSSR count). The molecule has 0 amide bonds. The van der Waals surface area contributed by atoms with Crippen LogP contribution in [0.15, 0.2) is 52.8 Å². The van der Waals surface area contributed by atoms with Gasteiger partial charge in [-0.05, 0) is 36.4 Å². The number of nitrogens with one attached hydrogen (secondary N) is 2. The lowest BCUT2D eigenvalue weighted by atomic mass is 10.2. The molecule has 0 aliphatic carbocycles. The Kier molecular flexibility index (Phi) is 10.5. The molecular formula is C18H27IN4S. The monoisotopic (exact) mass is 458 g/mol. The van der Waals surface area contributed by atoms with E-state index in [1.165, 1.54) is 10.6 Å². The van der Waals surface area contributed by atoms with E-state index >= 15 is 0 Å². The third-order valence-electron chi connectivity index (χ3n) is 3.64. The van der Waals surface area contributed by atoms with Crippen molar-refractivity contribution in [3.8, 4) is 0 Å². The number of hydrogen-bond acceptors (Lipinski definition) is 3. The number of aliphatic imine (C=N–C) groups is 1. The van der Waals surface area contributed by atoms with Gasteiger partial charge in [0.1, 0.15) is 0 Å². The molecule has 132 valence electrons. The lowest BCUT2D eigenvalue weighted by molar-refractivity contribution is 0.687. The number of para-hydroxylation sites is 1. The molecule has 0 aliphatic heterocycles. The normalized spacial score (nSPS) is 10.8. The highest BCUT2D eigenvalue weighted by Crippen LogP contribution is 2.11. The van der Waals surface area contributed by atoms with E-state index in [1.807, 2.05) is 7.05 Å². The van der Waals surface area contributed by atoms with Gasteiger partial charge in [0.15, 0.2) is 5.96 Å². The summed E-state index contributed by atoms with van der Waals surface area (Å²) in [6.07, 6.45) is 2.27.